The zero-order valence-corrected chi connectivity index (χ0v) is 12.8. The lowest BCUT2D eigenvalue weighted by atomic mass is 9.94. The van der Waals surface area contributed by atoms with Crippen LogP contribution in [0.3, 0.4) is 0 Å². The van der Waals surface area contributed by atoms with Gasteiger partial charge < -0.3 is 15.4 Å². The molecule has 0 spiro atoms. The van der Waals surface area contributed by atoms with Gasteiger partial charge in [-0.25, -0.2) is 0 Å². The Balaban J connectivity index is 2.07. The second-order valence-corrected chi connectivity index (χ2v) is 6.72. The molecule has 1 aromatic heterocycles. The number of aromatic nitrogens is 1. The maximum Gasteiger partial charge on any atom is 0.272 e. The van der Waals surface area contributed by atoms with Gasteiger partial charge in [0.05, 0.1) is 5.60 Å². The van der Waals surface area contributed by atoms with E-state index in [1.807, 2.05) is 26.0 Å². The topological polar surface area (TPSA) is 65.1 Å². The van der Waals surface area contributed by atoms with Crippen molar-refractivity contribution in [1.82, 2.24) is 4.98 Å². The number of hydrogen-bond donors (Lipinski definition) is 3. The molecular weight excluding hydrogens is 264 g/mol. The Morgan fingerprint density at radius 3 is 2.86 bits per heavy atom. The van der Waals surface area contributed by atoms with Gasteiger partial charge in [0.1, 0.15) is 5.69 Å². The van der Waals surface area contributed by atoms with E-state index in [0.717, 1.165) is 41.5 Å². The molecule has 1 aliphatic rings. The highest BCUT2D eigenvalue weighted by atomic mass is 16.3. The third kappa shape index (κ3) is 2.68. The Morgan fingerprint density at radius 1 is 1.38 bits per heavy atom. The highest BCUT2D eigenvalue weighted by molar-refractivity contribution is 5.89. The molecule has 0 aliphatic carbocycles. The molecule has 0 fully saturated rings. The number of benzene rings is 1. The van der Waals surface area contributed by atoms with E-state index in [2.05, 4.69) is 23.3 Å². The molecule has 0 bridgehead atoms. The summed E-state index contributed by atoms with van der Waals surface area (Å²) in [5, 5.41) is 14.2. The predicted octanol–water partition coefficient (Wildman–Crippen LogP) is 2.76. The van der Waals surface area contributed by atoms with Crippen molar-refractivity contribution in [3.05, 3.63) is 39.7 Å². The maximum atomic E-state index is 12.1. The molecule has 1 atom stereocenters. The van der Waals surface area contributed by atoms with E-state index < -0.39 is 5.60 Å². The number of aliphatic hydroxyl groups is 1. The van der Waals surface area contributed by atoms with E-state index >= 15 is 0 Å². The predicted molar refractivity (Wildman–Crippen MR) is 86.1 cm³/mol. The summed E-state index contributed by atoms with van der Waals surface area (Å²) in [6.45, 7) is 6.61. The molecule has 112 valence electrons. The monoisotopic (exact) mass is 286 g/mol. The molecule has 1 unspecified atom stereocenters. The van der Waals surface area contributed by atoms with Gasteiger partial charge in [-0.3, -0.25) is 4.79 Å². The molecule has 3 rings (SSSR count). The van der Waals surface area contributed by atoms with Crippen LogP contribution in [-0.2, 0) is 6.42 Å². The van der Waals surface area contributed by atoms with Crippen molar-refractivity contribution >= 4 is 16.6 Å². The summed E-state index contributed by atoms with van der Waals surface area (Å²) < 4.78 is 0. The molecule has 21 heavy (non-hydrogen) atoms. The second kappa shape index (κ2) is 4.88. The number of rotatable bonds is 3. The van der Waals surface area contributed by atoms with Gasteiger partial charge in [0, 0.05) is 23.4 Å². The summed E-state index contributed by atoms with van der Waals surface area (Å²) >= 11 is 0. The van der Waals surface area contributed by atoms with Crippen LogP contribution in [0.4, 0.5) is 5.69 Å². The molecule has 4 nitrogen and oxygen atoms in total. The lowest BCUT2D eigenvalue weighted by Gasteiger charge is -2.17. The first kappa shape index (κ1) is 14.1. The average Bonchev–Trinajstić information content (AvgIpc) is 2.79. The molecule has 2 aromatic rings. The summed E-state index contributed by atoms with van der Waals surface area (Å²) in [6, 6.07) is 6.16. The lowest BCUT2D eigenvalue weighted by Crippen LogP contribution is -2.19. The van der Waals surface area contributed by atoms with E-state index in [9.17, 15) is 9.90 Å². The van der Waals surface area contributed by atoms with Crippen molar-refractivity contribution in [2.75, 3.05) is 11.9 Å². The Labute approximate surface area is 124 Å². The molecule has 3 N–H and O–H groups in total. The van der Waals surface area contributed by atoms with Crippen molar-refractivity contribution < 1.29 is 5.11 Å². The fourth-order valence-electron chi connectivity index (χ4n) is 3.02. The van der Waals surface area contributed by atoms with E-state index in [1.54, 1.807) is 0 Å². The van der Waals surface area contributed by atoms with Gasteiger partial charge in [-0.2, -0.15) is 0 Å². The summed E-state index contributed by atoms with van der Waals surface area (Å²) in [7, 11) is 0. The number of H-pyrrole nitrogens is 1. The smallest absolute Gasteiger partial charge is 0.272 e. The molecular formula is C17H22N2O2. The van der Waals surface area contributed by atoms with Crippen molar-refractivity contribution in [1.29, 1.82) is 0 Å². The van der Waals surface area contributed by atoms with Gasteiger partial charge in [0.2, 0.25) is 0 Å². The molecule has 0 saturated carbocycles. The van der Waals surface area contributed by atoms with Crippen molar-refractivity contribution in [2.24, 2.45) is 0 Å². The SMILES string of the molecule is CC1CNc2c1c1cc(CCC(C)(C)O)ccc1[nH]c2=O. The molecule has 4 heteroatoms. The van der Waals surface area contributed by atoms with Crippen LogP contribution in [0.25, 0.3) is 10.9 Å². The van der Waals surface area contributed by atoms with Crippen LogP contribution < -0.4 is 10.9 Å². The standard InChI is InChI=1S/C17H22N2O2/c1-10-9-18-15-14(10)12-8-11(6-7-17(2,3)21)4-5-13(12)19-16(15)20/h4-5,8,10,18,21H,6-7,9H2,1-3H3,(H,19,20). The second-order valence-electron chi connectivity index (χ2n) is 6.72. The van der Waals surface area contributed by atoms with Crippen LogP contribution in [0.5, 0.6) is 0 Å². The number of fused-ring (bicyclic) bond motifs is 3. The van der Waals surface area contributed by atoms with Crippen LogP contribution in [0.2, 0.25) is 0 Å². The van der Waals surface area contributed by atoms with Crippen LogP contribution in [-0.4, -0.2) is 22.2 Å². The quantitative estimate of drug-likeness (QED) is 0.813. The molecule has 2 heterocycles. The lowest BCUT2D eigenvalue weighted by molar-refractivity contribution is 0.0714. The van der Waals surface area contributed by atoms with Gasteiger partial charge in [-0.05, 0) is 49.9 Å². The molecule has 0 radical (unpaired) electrons. The van der Waals surface area contributed by atoms with E-state index in [1.165, 1.54) is 5.56 Å². The van der Waals surface area contributed by atoms with Crippen LogP contribution in [0.1, 0.15) is 44.2 Å². The van der Waals surface area contributed by atoms with Crippen LogP contribution in [0.15, 0.2) is 23.0 Å². The molecule has 0 saturated heterocycles. The summed E-state index contributed by atoms with van der Waals surface area (Å²) in [4.78, 5) is 15.0. The number of anilines is 1. The Morgan fingerprint density at radius 2 is 2.14 bits per heavy atom. The van der Waals surface area contributed by atoms with Crippen LogP contribution in [0, 0.1) is 0 Å². The Hall–Kier alpha value is -1.81. The van der Waals surface area contributed by atoms with E-state index in [4.69, 9.17) is 0 Å². The summed E-state index contributed by atoms with van der Waals surface area (Å²) in [6.07, 6.45) is 1.55. The minimum Gasteiger partial charge on any atom is -0.390 e. The summed E-state index contributed by atoms with van der Waals surface area (Å²) in [5.41, 5.74) is 3.23. The Kier molecular flexibility index (Phi) is 3.29. The normalized spacial score (nSPS) is 17.8. The largest absolute Gasteiger partial charge is 0.390 e. The Bertz CT molecular complexity index is 741. The van der Waals surface area contributed by atoms with Crippen molar-refractivity contribution in [3.8, 4) is 0 Å². The first-order valence-corrected chi connectivity index (χ1v) is 7.50. The third-order valence-corrected chi connectivity index (χ3v) is 4.22. The fourth-order valence-corrected chi connectivity index (χ4v) is 3.02. The molecule has 0 amide bonds. The third-order valence-electron chi connectivity index (χ3n) is 4.22. The van der Waals surface area contributed by atoms with Crippen molar-refractivity contribution in [3.63, 3.8) is 0 Å². The highest BCUT2D eigenvalue weighted by Gasteiger charge is 2.24. The number of hydrogen-bond acceptors (Lipinski definition) is 3. The zero-order valence-electron chi connectivity index (χ0n) is 12.8. The number of aromatic amines is 1. The van der Waals surface area contributed by atoms with E-state index in [-0.39, 0.29) is 5.56 Å². The maximum absolute atomic E-state index is 12.1. The van der Waals surface area contributed by atoms with Crippen molar-refractivity contribution in [2.45, 2.75) is 45.1 Å². The van der Waals surface area contributed by atoms with Gasteiger partial charge in [-0.1, -0.05) is 13.0 Å². The fraction of sp³-hybridized carbons (Fsp3) is 0.471. The van der Waals surface area contributed by atoms with Crippen LogP contribution >= 0.6 is 0 Å². The minimum absolute atomic E-state index is 0.0360. The summed E-state index contributed by atoms with van der Waals surface area (Å²) in [5.74, 6) is 0.342. The van der Waals surface area contributed by atoms with Gasteiger partial charge in [0.15, 0.2) is 0 Å². The number of nitrogens with one attached hydrogen (secondary N) is 2. The zero-order chi connectivity index (χ0) is 15.2. The van der Waals surface area contributed by atoms with E-state index in [0.29, 0.717) is 5.92 Å². The first-order valence-electron chi connectivity index (χ1n) is 7.50. The minimum atomic E-state index is -0.656. The van der Waals surface area contributed by atoms with Gasteiger partial charge >= 0.3 is 0 Å². The average molecular weight is 286 g/mol. The number of pyridine rings is 1. The van der Waals surface area contributed by atoms with Gasteiger partial charge in [0.25, 0.3) is 5.56 Å². The highest BCUT2D eigenvalue weighted by Crippen LogP contribution is 2.34. The van der Waals surface area contributed by atoms with Gasteiger partial charge in [-0.15, -0.1) is 0 Å². The molecule has 1 aliphatic heterocycles. The molecule has 1 aromatic carbocycles. The first-order chi connectivity index (χ1) is 9.85. The number of aryl methyl sites for hydroxylation is 1.